The van der Waals surface area contributed by atoms with Crippen molar-refractivity contribution in [1.82, 2.24) is 0 Å². The fourth-order valence-electron chi connectivity index (χ4n) is 8.33. The monoisotopic (exact) mass is 636 g/mol. The van der Waals surface area contributed by atoms with Gasteiger partial charge in [0, 0.05) is 39.0 Å². The maximum absolute atomic E-state index is 6.33. The van der Waals surface area contributed by atoms with Crippen molar-refractivity contribution in [3.8, 4) is 0 Å². The Morgan fingerprint density at radius 3 is 2.53 bits per heavy atom. The number of fused-ring (bicyclic) bond motifs is 8. The van der Waals surface area contributed by atoms with Gasteiger partial charge in [-0.15, -0.1) is 0 Å². The molecule has 4 nitrogen and oxygen atoms in total. The van der Waals surface area contributed by atoms with Gasteiger partial charge in [0.1, 0.15) is 11.3 Å². The van der Waals surface area contributed by atoms with Crippen LogP contribution in [0.3, 0.4) is 0 Å². The third-order valence-electron chi connectivity index (χ3n) is 11.0. The van der Waals surface area contributed by atoms with Crippen molar-refractivity contribution < 1.29 is 9.73 Å². The van der Waals surface area contributed by atoms with Crippen LogP contribution in [0.15, 0.2) is 135 Å². The molecule has 2 atom stereocenters. The van der Waals surface area contributed by atoms with Crippen LogP contribution in [0.4, 0.5) is 0 Å². The lowest BCUT2D eigenvalue weighted by Crippen LogP contribution is -2.90. The summed E-state index contributed by atoms with van der Waals surface area (Å²) in [7, 11) is 0. The molecule has 0 bridgehead atoms. The fourth-order valence-corrected chi connectivity index (χ4v) is 8.33. The summed E-state index contributed by atoms with van der Waals surface area (Å²) in [5, 5.41) is 8.72. The summed E-state index contributed by atoms with van der Waals surface area (Å²) in [4.78, 5) is 10.5. The second kappa shape index (κ2) is 11.7. The molecule has 0 saturated carbocycles. The van der Waals surface area contributed by atoms with Crippen LogP contribution in [-0.2, 0) is 12.8 Å². The molecule has 5 aliphatic rings. The minimum absolute atomic E-state index is 0.0586. The van der Waals surface area contributed by atoms with Crippen molar-refractivity contribution in [2.75, 3.05) is 0 Å². The van der Waals surface area contributed by atoms with E-state index in [0.717, 1.165) is 73.5 Å². The summed E-state index contributed by atoms with van der Waals surface area (Å²) in [5.74, 6) is 3.21. The summed E-state index contributed by atoms with van der Waals surface area (Å²) in [6.07, 6.45) is 29.7. The first-order chi connectivity index (χ1) is 24.2. The third kappa shape index (κ3) is 5.01. The standard InChI is InChI=1S/C45H37N3O/c1-2-9-32(10-3-1)43-46-44(48-45(47-43)36-23-16-28-8-4-5-11-34(28)26-36)33-20-14-29(15-21-33)35-22-18-30-17-19-31-24-25-40-42(41(31)38(30)27-35)37-12-6-7-13-39(37)49-40/h1-2,5,7,9,11,13-14,16-27,29,45H,3-4,6,8,10,12,15H2,(H,46,47,48)/p+1. The fraction of sp³-hybridized carbons (Fsp3) is 0.200. The number of hydrogen-bond donors (Lipinski definition) is 1. The van der Waals surface area contributed by atoms with Gasteiger partial charge in [-0.25, -0.2) is 4.99 Å². The normalized spacial score (nSPS) is 21.4. The van der Waals surface area contributed by atoms with Crippen LogP contribution in [0, 0.1) is 0 Å². The minimum Gasteiger partial charge on any atom is -0.456 e. The molecule has 0 saturated heterocycles. The molecule has 10 rings (SSSR count). The molecule has 0 spiro atoms. The van der Waals surface area contributed by atoms with Gasteiger partial charge in [0.05, 0.1) is 0 Å². The zero-order chi connectivity index (χ0) is 32.3. The Bertz CT molecular complexity index is 2460. The van der Waals surface area contributed by atoms with Gasteiger partial charge in [0.15, 0.2) is 5.84 Å². The number of nitrogens with zero attached hydrogens (tertiary/aromatic N) is 2. The number of aliphatic imine (C=N–C) groups is 2. The largest absolute Gasteiger partial charge is 0.456 e. The zero-order valence-corrected chi connectivity index (χ0v) is 27.5. The van der Waals surface area contributed by atoms with Gasteiger partial charge in [0.2, 0.25) is 12.0 Å². The molecule has 238 valence electrons. The van der Waals surface area contributed by atoms with Crippen molar-refractivity contribution in [2.24, 2.45) is 9.98 Å². The zero-order valence-electron chi connectivity index (χ0n) is 27.5. The Morgan fingerprint density at radius 2 is 1.61 bits per heavy atom. The van der Waals surface area contributed by atoms with E-state index in [-0.39, 0.29) is 12.1 Å². The maximum Gasteiger partial charge on any atom is 0.231 e. The first kappa shape index (κ1) is 28.7. The predicted molar refractivity (Wildman–Crippen MR) is 203 cm³/mol. The van der Waals surface area contributed by atoms with Crippen molar-refractivity contribution in [1.29, 1.82) is 0 Å². The molecular weight excluding hydrogens is 599 g/mol. The number of rotatable bonds is 4. The van der Waals surface area contributed by atoms with Crippen LogP contribution < -0.4 is 5.32 Å². The van der Waals surface area contributed by atoms with Crippen molar-refractivity contribution in [3.63, 3.8) is 0 Å². The molecule has 2 unspecified atom stereocenters. The van der Waals surface area contributed by atoms with Gasteiger partial charge in [-0.3, -0.25) is 5.32 Å². The van der Waals surface area contributed by atoms with E-state index >= 15 is 0 Å². The molecule has 0 radical (unpaired) electrons. The lowest BCUT2D eigenvalue weighted by molar-refractivity contribution is -0.587. The van der Waals surface area contributed by atoms with E-state index in [1.54, 1.807) is 0 Å². The van der Waals surface area contributed by atoms with E-state index in [0.29, 0.717) is 0 Å². The van der Waals surface area contributed by atoms with Crippen molar-refractivity contribution in [2.45, 2.75) is 57.0 Å². The van der Waals surface area contributed by atoms with Gasteiger partial charge >= 0.3 is 0 Å². The Kier molecular flexibility index (Phi) is 6.83. The van der Waals surface area contributed by atoms with Gasteiger partial charge < -0.3 is 4.42 Å². The number of hydrogen-bond acceptors (Lipinski definition) is 3. The summed E-state index contributed by atoms with van der Waals surface area (Å²) >= 11 is 0. The van der Waals surface area contributed by atoms with Crippen LogP contribution in [0.2, 0.25) is 0 Å². The Balaban J connectivity index is 1.00. The number of nitrogens with two attached hydrogens (primary N) is 1. The SMILES string of the molecule is C1=CCCC(C2=NC(C3=CCC(c4ccc5ccc6ccc7oc8c(c7c6c5c4)CCC=C8)C=C3)=NC(c3ccc4c(c3)C=CCC4)[NH2+]2)=C1. The summed E-state index contributed by atoms with van der Waals surface area (Å²) < 4.78 is 6.33. The molecule has 4 heteroatoms. The average molecular weight is 637 g/mol. The summed E-state index contributed by atoms with van der Waals surface area (Å²) in [6.45, 7) is 0. The van der Waals surface area contributed by atoms with E-state index < -0.39 is 0 Å². The number of allylic oxidation sites excluding steroid dienone is 7. The third-order valence-corrected chi connectivity index (χ3v) is 11.0. The molecule has 4 aliphatic carbocycles. The molecule has 4 aromatic carbocycles. The molecule has 5 aromatic rings. The van der Waals surface area contributed by atoms with Crippen molar-refractivity contribution >= 4 is 56.3 Å². The minimum atomic E-state index is -0.0586. The van der Waals surface area contributed by atoms with E-state index in [9.17, 15) is 0 Å². The van der Waals surface area contributed by atoms with E-state index in [2.05, 4.69) is 127 Å². The number of amidine groups is 2. The molecule has 1 aliphatic heterocycles. The van der Waals surface area contributed by atoms with Crippen LogP contribution in [0.5, 0.6) is 0 Å². The predicted octanol–water partition coefficient (Wildman–Crippen LogP) is 9.98. The van der Waals surface area contributed by atoms with Crippen LogP contribution in [-0.4, -0.2) is 11.7 Å². The summed E-state index contributed by atoms with van der Waals surface area (Å²) in [5.41, 5.74) is 10.1. The van der Waals surface area contributed by atoms with E-state index in [1.807, 2.05) is 0 Å². The van der Waals surface area contributed by atoms with E-state index in [4.69, 9.17) is 14.4 Å². The summed E-state index contributed by atoms with van der Waals surface area (Å²) in [6, 6.07) is 22.8. The first-order valence-corrected chi connectivity index (χ1v) is 17.9. The number of aryl methyl sites for hydroxylation is 2. The highest BCUT2D eigenvalue weighted by atomic mass is 16.3. The molecular formula is C45H38N3O+. The van der Waals surface area contributed by atoms with Gasteiger partial charge in [0.25, 0.3) is 0 Å². The maximum atomic E-state index is 6.33. The van der Waals surface area contributed by atoms with Crippen LogP contribution >= 0.6 is 0 Å². The quantitative estimate of drug-likeness (QED) is 0.196. The molecule has 2 heterocycles. The van der Waals surface area contributed by atoms with Gasteiger partial charge in [-0.2, -0.15) is 4.99 Å². The Hall–Kier alpha value is -5.32. The Morgan fingerprint density at radius 1 is 0.755 bits per heavy atom. The second-order valence-electron chi connectivity index (χ2n) is 13.9. The highest BCUT2D eigenvalue weighted by Crippen LogP contribution is 2.40. The first-order valence-electron chi connectivity index (χ1n) is 17.9. The molecule has 0 amide bonds. The number of benzene rings is 4. The van der Waals surface area contributed by atoms with Gasteiger partial charge in [-0.05, 0) is 102 Å². The topological polar surface area (TPSA) is 54.5 Å². The second-order valence-corrected chi connectivity index (χ2v) is 13.9. The molecule has 0 fully saturated rings. The Labute approximate surface area is 286 Å². The number of quaternary nitrogens is 1. The molecule has 2 N–H and O–H groups in total. The molecule has 1 aromatic heterocycles. The lowest BCUT2D eigenvalue weighted by Gasteiger charge is -2.23. The number of furan rings is 1. The van der Waals surface area contributed by atoms with Gasteiger partial charge in [-0.1, -0.05) is 97.1 Å². The molecule has 49 heavy (non-hydrogen) atoms. The van der Waals surface area contributed by atoms with Crippen LogP contribution in [0.1, 0.15) is 77.8 Å². The average Bonchev–Trinajstić information content (AvgIpc) is 3.56. The van der Waals surface area contributed by atoms with Crippen molar-refractivity contribution in [3.05, 3.63) is 154 Å². The highest BCUT2D eigenvalue weighted by molar-refractivity contribution is 6.21. The lowest BCUT2D eigenvalue weighted by atomic mass is 9.87. The van der Waals surface area contributed by atoms with Crippen LogP contribution in [0.25, 0.3) is 44.7 Å². The highest BCUT2D eigenvalue weighted by Gasteiger charge is 2.28. The smallest absolute Gasteiger partial charge is 0.231 e. The van der Waals surface area contributed by atoms with E-state index in [1.165, 1.54) is 60.3 Å².